The van der Waals surface area contributed by atoms with E-state index in [2.05, 4.69) is 31.8 Å². The van der Waals surface area contributed by atoms with Crippen molar-refractivity contribution < 1.29 is 9.84 Å². The summed E-state index contributed by atoms with van der Waals surface area (Å²) in [5, 5.41) is 10.6. The van der Waals surface area contributed by atoms with Gasteiger partial charge in [-0.05, 0) is 31.0 Å². The molecular formula is C21H32N4O2S. The van der Waals surface area contributed by atoms with E-state index in [1.807, 2.05) is 39.3 Å². The number of aromatic nitrogens is 1. The molecule has 0 bridgehead atoms. The average molecular weight is 405 g/mol. The fourth-order valence-electron chi connectivity index (χ4n) is 3.62. The van der Waals surface area contributed by atoms with E-state index in [-0.39, 0.29) is 6.61 Å². The van der Waals surface area contributed by atoms with Crippen LogP contribution < -0.4 is 9.64 Å². The smallest absolute Gasteiger partial charge is 0.185 e. The summed E-state index contributed by atoms with van der Waals surface area (Å²) >= 11 is 1.76. The van der Waals surface area contributed by atoms with E-state index < -0.39 is 0 Å². The molecule has 2 aromatic rings. The lowest BCUT2D eigenvalue weighted by atomic mass is 10.1. The van der Waals surface area contributed by atoms with E-state index in [9.17, 15) is 5.11 Å². The molecule has 1 aromatic heterocycles. The van der Waals surface area contributed by atoms with Crippen LogP contribution in [0.2, 0.25) is 0 Å². The number of hydrogen-bond acceptors (Lipinski definition) is 7. The van der Waals surface area contributed by atoms with Gasteiger partial charge in [-0.2, -0.15) is 0 Å². The Hall–Kier alpha value is -1.67. The molecule has 1 N–H and O–H groups in total. The van der Waals surface area contributed by atoms with Crippen molar-refractivity contribution in [2.75, 3.05) is 51.8 Å². The zero-order valence-corrected chi connectivity index (χ0v) is 18.0. The van der Waals surface area contributed by atoms with Gasteiger partial charge >= 0.3 is 0 Å². The second-order valence-electron chi connectivity index (χ2n) is 7.45. The summed E-state index contributed by atoms with van der Waals surface area (Å²) in [6.07, 6.45) is 2.80. The molecule has 1 aromatic carbocycles. The monoisotopic (exact) mass is 404 g/mol. The lowest BCUT2D eigenvalue weighted by molar-refractivity contribution is 0.0504. The highest BCUT2D eigenvalue weighted by Gasteiger charge is 2.27. The van der Waals surface area contributed by atoms with E-state index >= 15 is 0 Å². The predicted molar refractivity (Wildman–Crippen MR) is 115 cm³/mol. The van der Waals surface area contributed by atoms with Crippen LogP contribution in [0, 0.1) is 0 Å². The highest BCUT2D eigenvalue weighted by molar-refractivity contribution is 7.15. The van der Waals surface area contributed by atoms with E-state index in [4.69, 9.17) is 4.74 Å². The molecular weight excluding hydrogens is 372 g/mol. The Morgan fingerprint density at radius 2 is 2.00 bits per heavy atom. The SMILES string of the molecule is CCOc1ccc(CN2CCN(Cc3cnc(N(C)C)s3)C[C@@H]2CCO)cc1. The zero-order chi connectivity index (χ0) is 19.9. The third-order valence-corrected chi connectivity index (χ3v) is 6.22. The molecule has 0 spiro atoms. The van der Waals surface area contributed by atoms with Crippen LogP contribution in [0.25, 0.3) is 0 Å². The molecule has 6 nitrogen and oxygen atoms in total. The number of benzene rings is 1. The van der Waals surface area contributed by atoms with Gasteiger partial charge in [0, 0.05) is 70.5 Å². The van der Waals surface area contributed by atoms with E-state index in [0.717, 1.165) is 50.0 Å². The van der Waals surface area contributed by atoms with Gasteiger partial charge in [-0.1, -0.05) is 12.1 Å². The standard InChI is InChI=1S/C21H32N4O2S/c1-4-27-19-7-5-17(6-8-19)14-25-11-10-24(15-18(25)9-12-26)16-20-13-22-21(28-20)23(2)3/h5-8,13,18,26H,4,9-12,14-16H2,1-3H3/t18-/m0/s1. The number of thiazole rings is 1. The minimum absolute atomic E-state index is 0.226. The van der Waals surface area contributed by atoms with Crippen LogP contribution in [-0.2, 0) is 13.1 Å². The molecule has 0 unspecified atom stereocenters. The van der Waals surface area contributed by atoms with Gasteiger partial charge in [-0.25, -0.2) is 4.98 Å². The first-order valence-corrected chi connectivity index (χ1v) is 10.8. The van der Waals surface area contributed by atoms with Crippen LogP contribution in [0.1, 0.15) is 23.8 Å². The second-order valence-corrected chi connectivity index (χ2v) is 8.55. The highest BCUT2D eigenvalue weighted by Crippen LogP contribution is 2.24. The van der Waals surface area contributed by atoms with Crippen molar-refractivity contribution in [3.63, 3.8) is 0 Å². The van der Waals surface area contributed by atoms with Crippen LogP contribution in [-0.4, -0.2) is 72.9 Å². The van der Waals surface area contributed by atoms with Crippen LogP contribution in [0.5, 0.6) is 5.75 Å². The van der Waals surface area contributed by atoms with Crippen molar-refractivity contribution in [2.24, 2.45) is 0 Å². The molecule has 0 amide bonds. The fraction of sp³-hybridized carbons (Fsp3) is 0.571. The molecule has 7 heteroatoms. The summed E-state index contributed by atoms with van der Waals surface area (Å²) in [5.41, 5.74) is 1.29. The topological polar surface area (TPSA) is 52.1 Å². The number of nitrogens with zero attached hydrogens (tertiary/aromatic N) is 4. The fourth-order valence-corrected chi connectivity index (χ4v) is 4.50. The van der Waals surface area contributed by atoms with Gasteiger partial charge in [0.2, 0.25) is 0 Å². The molecule has 1 saturated heterocycles. The Labute approximate surface area is 172 Å². The quantitative estimate of drug-likeness (QED) is 0.694. The maximum atomic E-state index is 9.56. The first-order valence-electron chi connectivity index (χ1n) is 10.00. The normalized spacial score (nSPS) is 18.4. The first-order chi connectivity index (χ1) is 13.6. The highest BCUT2D eigenvalue weighted by atomic mass is 32.1. The molecule has 0 saturated carbocycles. The van der Waals surface area contributed by atoms with E-state index in [1.165, 1.54) is 10.4 Å². The van der Waals surface area contributed by atoms with Gasteiger partial charge in [-0.15, -0.1) is 11.3 Å². The molecule has 2 heterocycles. The lowest BCUT2D eigenvalue weighted by Gasteiger charge is -2.41. The van der Waals surface area contributed by atoms with Gasteiger partial charge in [0.05, 0.1) is 6.61 Å². The first kappa shape index (κ1) is 21.0. The molecule has 1 aliphatic heterocycles. The second kappa shape index (κ2) is 10.2. The zero-order valence-electron chi connectivity index (χ0n) is 17.2. The number of aliphatic hydroxyl groups is 1. The number of rotatable bonds is 9. The summed E-state index contributed by atoms with van der Waals surface area (Å²) in [6.45, 7) is 7.79. The number of hydrogen-bond donors (Lipinski definition) is 1. The van der Waals surface area contributed by atoms with Gasteiger partial charge in [0.25, 0.3) is 0 Å². The Bertz CT molecular complexity index is 719. The van der Waals surface area contributed by atoms with E-state index in [1.54, 1.807) is 11.3 Å². The molecule has 28 heavy (non-hydrogen) atoms. The van der Waals surface area contributed by atoms with Crippen LogP contribution in [0.15, 0.2) is 30.5 Å². The van der Waals surface area contributed by atoms with Gasteiger partial charge in [-0.3, -0.25) is 9.80 Å². The largest absolute Gasteiger partial charge is 0.494 e. The predicted octanol–water partition coefficient (Wildman–Crippen LogP) is 2.68. The Balaban J connectivity index is 1.58. The Morgan fingerprint density at radius 1 is 1.21 bits per heavy atom. The van der Waals surface area contributed by atoms with Crippen molar-refractivity contribution in [1.29, 1.82) is 0 Å². The third kappa shape index (κ3) is 5.67. The van der Waals surface area contributed by atoms with Crippen molar-refractivity contribution in [1.82, 2.24) is 14.8 Å². The van der Waals surface area contributed by atoms with Gasteiger partial charge in [0.15, 0.2) is 5.13 Å². The summed E-state index contributed by atoms with van der Waals surface area (Å²) < 4.78 is 5.54. The molecule has 3 rings (SSSR count). The number of ether oxygens (including phenoxy) is 1. The summed E-state index contributed by atoms with van der Waals surface area (Å²) in [6, 6.07) is 8.75. The molecule has 1 atom stereocenters. The third-order valence-electron chi connectivity index (χ3n) is 5.07. The minimum Gasteiger partial charge on any atom is -0.494 e. The summed E-state index contributed by atoms with van der Waals surface area (Å²) in [7, 11) is 4.05. The lowest BCUT2D eigenvalue weighted by Crippen LogP contribution is -2.52. The number of piperazine rings is 1. The van der Waals surface area contributed by atoms with Crippen LogP contribution in [0.4, 0.5) is 5.13 Å². The van der Waals surface area contributed by atoms with Crippen molar-refractivity contribution in [2.45, 2.75) is 32.5 Å². The van der Waals surface area contributed by atoms with Crippen LogP contribution in [0.3, 0.4) is 0 Å². The van der Waals surface area contributed by atoms with E-state index in [0.29, 0.717) is 12.6 Å². The molecule has 0 aliphatic carbocycles. The number of anilines is 1. The minimum atomic E-state index is 0.226. The Kier molecular flexibility index (Phi) is 7.67. The maximum absolute atomic E-state index is 9.56. The average Bonchev–Trinajstić information content (AvgIpc) is 3.15. The van der Waals surface area contributed by atoms with Crippen molar-refractivity contribution in [3.8, 4) is 5.75 Å². The van der Waals surface area contributed by atoms with Gasteiger partial charge in [0.1, 0.15) is 5.75 Å². The molecule has 0 radical (unpaired) electrons. The maximum Gasteiger partial charge on any atom is 0.185 e. The summed E-state index contributed by atoms with van der Waals surface area (Å²) in [4.78, 5) is 12.8. The van der Waals surface area contributed by atoms with Crippen molar-refractivity contribution in [3.05, 3.63) is 40.9 Å². The van der Waals surface area contributed by atoms with Crippen molar-refractivity contribution >= 4 is 16.5 Å². The molecule has 154 valence electrons. The van der Waals surface area contributed by atoms with Crippen LogP contribution >= 0.6 is 11.3 Å². The molecule has 1 aliphatic rings. The number of aliphatic hydroxyl groups excluding tert-OH is 1. The Morgan fingerprint density at radius 3 is 2.64 bits per heavy atom. The molecule has 1 fully saturated rings. The summed E-state index contributed by atoms with van der Waals surface area (Å²) in [5.74, 6) is 0.921. The van der Waals surface area contributed by atoms with Gasteiger partial charge < -0.3 is 14.7 Å².